The maximum atomic E-state index is 14.3. The molecule has 0 bridgehead atoms. The van der Waals surface area contributed by atoms with E-state index in [1.807, 2.05) is 13.8 Å². The summed E-state index contributed by atoms with van der Waals surface area (Å²) in [5.41, 5.74) is -0.178. The Hall–Kier alpha value is -1.11. The Morgan fingerprint density at radius 2 is 1.43 bits per heavy atom. The Kier molecular flexibility index (Phi) is 11.1. The molecule has 0 saturated heterocycles. The van der Waals surface area contributed by atoms with Gasteiger partial charge in [0.2, 0.25) is 0 Å². The molecule has 0 aromatic heterocycles. The number of hydrogen-bond acceptors (Lipinski definition) is 3. The third-order valence-electron chi connectivity index (χ3n) is 4.93. The number of ether oxygens (including phenoxy) is 3. The number of halogens is 3. The predicted molar refractivity (Wildman–Crippen MR) is 104 cm³/mol. The van der Waals surface area contributed by atoms with Gasteiger partial charge < -0.3 is 14.2 Å². The Bertz CT molecular complexity index is 551. The van der Waals surface area contributed by atoms with Crippen molar-refractivity contribution in [1.29, 1.82) is 0 Å². The minimum atomic E-state index is -1.43. The minimum absolute atomic E-state index is 0.0126. The van der Waals surface area contributed by atoms with Gasteiger partial charge in [0, 0.05) is 37.8 Å². The monoisotopic (exact) mass is 404 g/mol. The van der Waals surface area contributed by atoms with Crippen LogP contribution in [0.3, 0.4) is 0 Å². The SMILES string of the molecule is CCCCCCCCC(Cc1c(F)cc(F)cc1F)C(OC)(OC)OC(C)C. The maximum Gasteiger partial charge on any atom is 0.285 e. The molecule has 1 unspecified atom stereocenters. The molecular weight excluding hydrogens is 369 g/mol. The molecule has 6 heteroatoms. The van der Waals surface area contributed by atoms with Gasteiger partial charge in [-0.05, 0) is 26.7 Å². The Morgan fingerprint density at radius 3 is 1.93 bits per heavy atom. The summed E-state index contributed by atoms with van der Waals surface area (Å²) in [4.78, 5) is 0. The van der Waals surface area contributed by atoms with Gasteiger partial charge in [-0.1, -0.05) is 45.4 Å². The van der Waals surface area contributed by atoms with E-state index in [-0.39, 0.29) is 18.1 Å². The Morgan fingerprint density at radius 1 is 0.893 bits per heavy atom. The Balaban J connectivity index is 3.02. The number of unbranched alkanes of at least 4 members (excludes halogenated alkanes) is 5. The van der Waals surface area contributed by atoms with Crippen LogP contribution in [0.4, 0.5) is 13.2 Å². The van der Waals surface area contributed by atoms with Crippen LogP contribution in [0.1, 0.15) is 71.3 Å². The van der Waals surface area contributed by atoms with Crippen molar-refractivity contribution in [3.05, 3.63) is 35.1 Å². The molecule has 0 N–H and O–H groups in total. The van der Waals surface area contributed by atoms with Crippen LogP contribution in [0.5, 0.6) is 0 Å². The quantitative estimate of drug-likeness (QED) is 0.266. The van der Waals surface area contributed by atoms with Crippen LogP contribution in [0.15, 0.2) is 12.1 Å². The second-order valence-corrected chi connectivity index (χ2v) is 7.48. The highest BCUT2D eigenvalue weighted by Gasteiger charge is 2.42. The lowest BCUT2D eigenvalue weighted by Gasteiger charge is -2.39. The molecule has 0 amide bonds. The molecule has 0 fully saturated rings. The molecule has 0 spiro atoms. The van der Waals surface area contributed by atoms with Gasteiger partial charge >= 0.3 is 0 Å². The zero-order chi connectivity index (χ0) is 21.2. The molecule has 1 atom stereocenters. The van der Waals surface area contributed by atoms with Crippen LogP contribution >= 0.6 is 0 Å². The molecule has 162 valence electrons. The summed E-state index contributed by atoms with van der Waals surface area (Å²) < 4.78 is 58.8. The van der Waals surface area contributed by atoms with Gasteiger partial charge in [0.15, 0.2) is 0 Å². The van der Waals surface area contributed by atoms with Crippen molar-refractivity contribution in [2.45, 2.75) is 84.2 Å². The first kappa shape index (κ1) is 24.9. The largest absolute Gasteiger partial charge is 0.331 e. The van der Waals surface area contributed by atoms with Crippen molar-refractivity contribution >= 4 is 0 Å². The summed E-state index contributed by atoms with van der Waals surface area (Å²) in [7, 11) is 2.91. The number of methoxy groups -OCH3 is 2. The van der Waals surface area contributed by atoms with Gasteiger partial charge in [-0.2, -0.15) is 0 Å². The van der Waals surface area contributed by atoms with E-state index in [2.05, 4.69) is 6.92 Å². The van der Waals surface area contributed by atoms with E-state index < -0.39 is 29.3 Å². The molecule has 0 aliphatic carbocycles. The van der Waals surface area contributed by atoms with E-state index in [9.17, 15) is 13.2 Å². The lowest BCUT2D eigenvalue weighted by Crippen LogP contribution is -2.47. The fourth-order valence-electron chi connectivity index (χ4n) is 3.53. The summed E-state index contributed by atoms with van der Waals surface area (Å²) in [5.74, 6) is -4.63. The zero-order valence-corrected chi connectivity index (χ0v) is 17.8. The van der Waals surface area contributed by atoms with Crippen LogP contribution in [0, 0.1) is 23.4 Å². The standard InChI is InChI=1S/C22H35F3O3/c1-6-7-8-9-10-11-12-17(22(26-4,27-5)28-16(2)3)13-19-20(24)14-18(23)15-21(19)25/h14-17H,6-13H2,1-5H3. The highest BCUT2D eigenvalue weighted by molar-refractivity contribution is 5.21. The first-order valence-corrected chi connectivity index (χ1v) is 10.2. The van der Waals surface area contributed by atoms with Gasteiger partial charge in [-0.25, -0.2) is 13.2 Å². The van der Waals surface area contributed by atoms with Gasteiger partial charge in [0.1, 0.15) is 17.5 Å². The number of rotatable bonds is 14. The molecule has 1 aromatic carbocycles. The molecule has 28 heavy (non-hydrogen) atoms. The highest BCUT2D eigenvalue weighted by atomic mass is 19.1. The smallest absolute Gasteiger partial charge is 0.285 e. The van der Waals surface area contributed by atoms with E-state index >= 15 is 0 Å². The maximum absolute atomic E-state index is 14.3. The van der Waals surface area contributed by atoms with Crippen LogP contribution in [-0.2, 0) is 20.6 Å². The molecule has 1 rings (SSSR count). The third kappa shape index (κ3) is 7.37. The van der Waals surface area contributed by atoms with E-state index in [0.29, 0.717) is 18.6 Å². The van der Waals surface area contributed by atoms with E-state index in [1.165, 1.54) is 33.5 Å². The van der Waals surface area contributed by atoms with Crippen LogP contribution < -0.4 is 0 Å². The molecule has 0 saturated carbocycles. The lowest BCUT2D eigenvalue weighted by molar-refractivity contribution is -0.398. The average molecular weight is 405 g/mol. The van der Waals surface area contributed by atoms with E-state index in [0.717, 1.165) is 19.3 Å². The molecule has 0 aliphatic heterocycles. The normalized spacial score (nSPS) is 13.3. The molecule has 3 nitrogen and oxygen atoms in total. The third-order valence-corrected chi connectivity index (χ3v) is 4.93. The fourth-order valence-corrected chi connectivity index (χ4v) is 3.53. The second kappa shape index (κ2) is 12.5. The van der Waals surface area contributed by atoms with Gasteiger partial charge in [0.25, 0.3) is 5.97 Å². The van der Waals surface area contributed by atoms with Gasteiger partial charge in [0.05, 0.1) is 6.10 Å². The Labute approximate surface area is 167 Å². The number of hydrogen-bond donors (Lipinski definition) is 0. The zero-order valence-electron chi connectivity index (χ0n) is 17.8. The molecule has 0 heterocycles. The molecule has 1 aromatic rings. The summed E-state index contributed by atoms with van der Waals surface area (Å²) in [6.07, 6.45) is 6.90. The average Bonchev–Trinajstić information content (AvgIpc) is 2.63. The first-order valence-electron chi connectivity index (χ1n) is 10.2. The van der Waals surface area contributed by atoms with Crippen molar-refractivity contribution in [2.24, 2.45) is 5.92 Å². The van der Waals surface area contributed by atoms with Crippen molar-refractivity contribution in [3.8, 4) is 0 Å². The molecule has 0 radical (unpaired) electrons. The van der Waals surface area contributed by atoms with Crippen LogP contribution in [0.2, 0.25) is 0 Å². The van der Waals surface area contributed by atoms with E-state index in [1.54, 1.807) is 0 Å². The number of benzene rings is 1. The van der Waals surface area contributed by atoms with Gasteiger partial charge in [-0.15, -0.1) is 0 Å². The predicted octanol–water partition coefficient (Wildman–Crippen LogP) is 6.38. The molecular formula is C22H35F3O3. The van der Waals surface area contributed by atoms with Crippen molar-refractivity contribution in [2.75, 3.05) is 14.2 Å². The fraction of sp³-hybridized carbons (Fsp3) is 0.727. The van der Waals surface area contributed by atoms with Crippen molar-refractivity contribution < 1.29 is 27.4 Å². The van der Waals surface area contributed by atoms with Crippen molar-refractivity contribution in [3.63, 3.8) is 0 Å². The second-order valence-electron chi connectivity index (χ2n) is 7.48. The summed E-state index contributed by atoms with van der Waals surface area (Å²) in [6.45, 7) is 5.85. The first-order chi connectivity index (χ1) is 13.3. The van der Waals surface area contributed by atoms with Gasteiger partial charge in [-0.3, -0.25) is 0 Å². The van der Waals surface area contributed by atoms with Crippen LogP contribution in [0.25, 0.3) is 0 Å². The highest BCUT2D eigenvalue weighted by Crippen LogP contribution is 2.34. The van der Waals surface area contributed by atoms with Crippen molar-refractivity contribution in [1.82, 2.24) is 0 Å². The summed E-state index contributed by atoms with van der Waals surface area (Å²) in [6, 6.07) is 1.40. The molecule has 0 aliphatic rings. The summed E-state index contributed by atoms with van der Waals surface area (Å²) >= 11 is 0. The minimum Gasteiger partial charge on any atom is -0.331 e. The topological polar surface area (TPSA) is 27.7 Å². The lowest BCUT2D eigenvalue weighted by atomic mass is 9.90. The van der Waals surface area contributed by atoms with Crippen LogP contribution in [-0.4, -0.2) is 26.3 Å². The summed E-state index contributed by atoms with van der Waals surface area (Å²) in [5, 5.41) is 0. The van der Waals surface area contributed by atoms with E-state index in [4.69, 9.17) is 14.2 Å².